The average molecular weight is 231 g/mol. The third kappa shape index (κ3) is 2.21. The minimum atomic E-state index is -0.246. The Morgan fingerprint density at radius 2 is 2.41 bits per heavy atom. The van der Waals surface area contributed by atoms with Crippen LogP contribution >= 0.6 is 0 Å². The van der Waals surface area contributed by atoms with Gasteiger partial charge < -0.3 is 0 Å². The maximum absolute atomic E-state index is 11.7. The number of amides is 1. The van der Waals surface area contributed by atoms with Gasteiger partial charge in [0.1, 0.15) is 0 Å². The van der Waals surface area contributed by atoms with Gasteiger partial charge in [0.2, 0.25) is 11.9 Å². The fourth-order valence-corrected chi connectivity index (χ4v) is 1.83. The number of anilines is 1. The summed E-state index contributed by atoms with van der Waals surface area (Å²) in [5.74, 6) is 2.67. The van der Waals surface area contributed by atoms with Gasteiger partial charge >= 0.3 is 0 Å². The molecule has 0 bridgehead atoms. The Morgan fingerprint density at radius 1 is 1.65 bits per heavy atom. The van der Waals surface area contributed by atoms with Gasteiger partial charge in [-0.1, -0.05) is 6.92 Å². The van der Waals surface area contributed by atoms with Gasteiger partial charge in [-0.05, 0) is 6.42 Å². The highest BCUT2D eigenvalue weighted by Crippen LogP contribution is 2.20. The van der Waals surface area contributed by atoms with Crippen molar-refractivity contribution >= 4 is 11.9 Å². The second-order valence-electron chi connectivity index (χ2n) is 3.99. The van der Waals surface area contributed by atoms with E-state index in [2.05, 4.69) is 15.9 Å². The lowest BCUT2D eigenvalue weighted by atomic mass is 10.1. The molecule has 5 nitrogen and oxygen atoms in total. The number of H-pyrrole nitrogens is 1. The molecule has 17 heavy (non-hydrogen) atoms. The first-order valence-corrected chi connectivity index (χ1v) is 5.50. The highest BCUT2D eigenvalue weighted by atomic mass is 16.2. The lowest BCUT2D eigenvalue weighted by molar-refractivity contribution is -0.117. The molecule has 1 fully saturated rings. The summed E-state index contributed by atoms with van der Waals surface area (Å²) in [4.78, 5) is 31.4. The normalized spacial score (nSPS) is 19.4. The van der Waals surface area contributed by atoms with E-state index < -0.39 is 0 Å². The lowest BCUT2D eigenvalue weighted by Crippen LogP contribution is -2.29. The molecule has 1 aromatic rings. The van der Waals surface area contributed by atoms with Gasteiger partial charge in [0, 0.05) is 30.6 Å². The number of hydrogen-bond donors (Lipinski definition) is 1. The summed E-state index contributed by atoms with van der Waals surface area (Å²) in [6.45, 7) is 2.33. The van der Waals surface area contributed by atoms with Crippen molar-refractivity contribution < 1.29 is 4.79 Å². The molecule has 1 unspecified atom stereocenters. The Morgan fingerprint density at radius 3 is 3.00 bits per heavy atom. The van der Waals surface area contributed by atoms with E-state index in [-0.39, 0.29) is 17.4 Å². The van der Waals surface area contributed by atoms with E-state index in [9.17, 15) is 9.59 Å². The number of aromatic nitrogens is 2. The van der Waals surface area contributed by atoms with E-state index in [0.29, 0.717) is 31.0 Å². The summed E-state index contributed by atoms with van der Waals surface area (Å²) < 4.78 is 0. The molecule has 1 saturated heterocycles. The molecule has 1 atom stereocenters. The molecule has 2 rings (SSSR count). The van der Waals surface area contributed by atoms with Gasteiger partial charge in [0.05, 0.1) is 0 Å². The Hall–Kier alpha value is -2.09. The van der Waals surface area contributed by atoms with Gasteiger partial charge in [-0.25, -0.2) is 4.98 Å². The monoisotopic (exact) mass is 231 g/mol. The number of hydrogen-bond acceptors (Lipinski definition) is 3. The molecule has 0 aromatic carbocycles. The maximum atomic E-state index is 11.7. The zero-order valence-corrected chi connectivity index (χ0v) is 9.56. The number of carbonyl (C=O) groups excluding carboxylic acids is 1. The number of carbonyl (C=O) groups is 1. The molecular weight excluding hydrogens is 218 g/mol. The predicted octanol–water partition coefficient (Wildman–Crippen LogP) is 0.318. The minimum Gasteiger partial charge on any atom is -0.292 e. The van der Waals surface area contributed by atoms with Gasteiger partial charge in [-0.2, -0.15) is 0 Å². The van der Waals surface area contributed by atoms with Crippen LogP contribution in [0.1, 0.15) is 19.0 Å². The summed E-state index contributed by atoms with van der Waals surface area (Å²) in [6.07, 6.45) is 6.27. The van der Waals surface area contributed by atoms with Crippen LogP contribution in [0, 0.1) is 18.3 Å². The molecular formula is C12H13N3O2. The van der Waals surface area contributed by atoms with Crippen molar-refractivity contribution in [2.45, 2.75) is 19.8 Å². The third-order valence-electron chi connectivity index (χ3n) is 2.76. The summed E-state index contributed by atoms with van der Waals surface area (Å²) in [6, 6.07) is 1.43. The van der Waals surface area contributed by atoms with E-state index in [1.165, 1.54) is 11.0 Å². The van der Waals surface area contributed by atoms with Crippen molar-refractivity contribution in [3.05, 3.63) is 22.1 Å². The van der Waals surface area contributed by atoms with Crippen molar-refractivity contribution in [2.75, 3.05) is 11.4 Å². The standard InChI is InChI=1S/C12H13N3O2/c1-3-8-5-11(17)15(7-8)12-13-9(4-2)6-10(16)14-12/h1,6,8H,4-5,7H2,2H3,(H,13,14,16). The summed E-state index contributed by atoms with van der Waals surface area (Å²) in [7, 11) is 0. The van der Waals surface area contributed by atoms with Crippen LogP contribution in [0.2, 0.25) is 0 Å². The van der Waals surface area contributed by atoms with E-state index in [4.69, 9.17) is 6.42 Å². The van der Waals surface area contributed by atoms with E-state index in [0.717, 1.165) is 0 Å². The van der Waals surface area contributed by atoms with Crippen LogP contribution in [0.15, 0.2) is 10.9 Å². The molecule has 0 radical (unpaired) electrons. The highest BCUT2D eigenvalue weighted by molar-refractivity contribution is 5.94. The molecule has 1 amide bonds. The minimum absolute atomic E-state index is 0.0932. The van der Waals surface area contributed by atoms with Crippen LogP contribution in [-0.4, -0.2) is 22.4 Å². The SMILES string of the molecule is C#CC1CC(=O)N(c2nc(CC)cc(=O)[nH]2)C1. The Bertz CT molecular complexity index is 541. The van der Waals surface area contributed by atoms with E-state index in [1.807, 2.05) is 6.92 Å². The van der Waals surface area contributed by atoms with Crippen molar-refractivity contribution in [1.82, 2.24) is 9.97 Å². The fourth-order valence-electron chi connectivity index (χ4n) is 1.83. The van der Waals surface area contributed by atoms with Gasteiger partial charge in [0.25, 0.3) is 5.56 Å². The van der Waals surface area contributed by atoms with Gasteiger partial charge in [0.15, 0.2) is 0 Å². The molecule has 0 spiro atoms. The molecule has 1 aromatic heterocycles. The van der Waals surface area contributed by atoms with Crippen molar-refractivity contribution in [2.24, 2.45) is 5.92 Å². The van der Waals surface area contributed by atoms with Crippen LogP contribution < -0.4 is 10.5 Å². The van der Waals surface area contributed by atoms with Crippen molar-refractivity contribution in [3.8, 4) is 12.3 Å². The van der Waals surface area contributed by atoms with Gasteiger partial charge in [-0.3, -0.25) is 19.5 Å². The molecule has 0 saturated carbocycles. The molecule has 1 aliphatic rings. The summed E-state index contributed by atoms with van der Waals surface area (Å²) >= 11 is 0. The quantitative estimate of drug-likeness (QED) is 0.745. The Labute approximate surface area is 98.9 Å². The van der Waals surface area contributed by atoms with E-state index >= 15 is 0 Å². The summed E-state index contributed by atoms with van der Waals surface area (Å²) in [5.41, 5.74) is 0.421. The zero-order valence-electron chi connectivity index (χ0n) is 9.56. The molecule has 88 valence electrons. The van der Waals surface area contributed by atoms with E-state index in [1.54, 1.807) is 0 Å². The molecule has 2 heterocycles. The number of aromatic amines is 1. The predicted molar refractivity (Wildman–Crippen MR) is 63.5 cm³/mol. The first-order valence-electron chi connectivity index (χ1n) is 5.50. The fraction of sp³-hybridized carbons (Fsp3) is 0.417. The number of aryl methyl sites for hydroxylation is 1. The first-order chi connectivity index (χ1) is 8.13. The maximum Gasteiger partial charge on any atom is 0.252 e. The van der Waals surface area contributed by atoms with Crippen LogP contribution in [0.5, 0.6) is 0 Å². The highest BCUT2D eigenvalue weighted by Gasteiger charge is 2.30. The third-order valence-corrected chi connectivity index (χ3v) is 2.76. The average Bonchev–Trinajstić information content (AvgIpc) is 2.69. The number of rotatable bonds is 2. The van der Waals surface area contributed by atoms with Crippen LogP contribution in [0.4, 0.5) is 5.95 Å². The number of terminal acetylenes is 1. The van der Waals surface area contributed by atoms with Crippen molar-refractivity contribution in [1.29, 1.82) is 0 Å². The Kier molecular flexibility index (Phi) is 2.96. The Balaban J connectivity index is 2.35. The van der Waals surface area contributed by atoms with Crippen molar-refractivity contribution in [3.63, 3.8) is 0 Å². The zero-order chi connectivity index (χ0) is 12.4. The first kappa shape index (κ1) is 11.4. The largest absolute Gasteiger partial charge is 0.292 e. The molecule has 5 heteroatoms. The van der Waals surface area contributed by atoms with Crippen LogP contribution in [-0.2, 0) is 11.2 Å². The lowest BCUT2D eigenvalue weighted by Gasteiger charge is -2.14. The second-order valence-corrected chi connectivity index (χ2v) is 3.99. The summed E-state index contributed by atoms with van der Waals surface area (Å²) in [5, 5.41) is 0. The smallest absolute Gasteiger partial charge is 0.252 e. The molecule has 0 aliphatic carbocycles. The number of nitrogens with one attached hydrogen (secondary N) is 1. The molecule has 1 N–H and O–H groups in total. The van der Waals surface area contributed by atoms with Crippen LogP contribution in [0.25, 0.3) is 0 Å². The second kappa shape index (κ2) is 4.42. The van der Waals surface area contributed by atoms with Gasteiger partial charge in [-0.15, -0.1) is 12.3 Å². The molecule has 1 aliphatic heterocycles. The van der Waals surface area contributed by atoms with Crippen LogP contribution in [0.3, 0.4) is 0 Å². The number of nitrogens with zero attached hydrogens (tertiary/aromatic N) is 2. The topological polar surface area (TPSA) is 66.1 Å².